The standard InChI is InChI=1S/C19H27F3N4O.HI/c1-23-18(24-8-7-17-6-3-13-27-17)26-11-9-25(10-12-26)16-5-2-4-15(14-16)19(20,21)22;/h2,4-5,14,17H,3,6-13H2,1H3,(H,23,24);1H. The molecule has 0 spiro atoms. The quantitative estimate of drug-likeness (QED) is 0.381. The summed E-state index contributed by atoms with van der Waals surface area (Å²) in [5, 5.41) is 3.38. The fourth-order valence-electron chi connectivity index (χ4n) is 3.60. The van der Waals surface area contributed by atoms with Gasteiger partial charge in [0.1, 0.15) is 0 Å². The van der Waals surface area contributed by atoms with Crippen molar-refractivity contribution in [2.75, 3.05) is 51.3 Å². The Labute approximate surface area is 181 Å². The Balaban J connectivity index is 0.00000280. The first kappa shape index (κ1) is 23.1. The van der Waals surface area contributed by atoms with Crippen LogP contribution < -0.4 is 10.2 Å². The van der Waals surface area contributed by atoms with E-state index >= 15 is 0 Å². The molecule has 2 fully saturated rings. The van der Waals surface area contributed by atoms with Gasteiger partial charge < -0.3 is 19.9 Å². The largest absolute Gasteiger partial charge is 0.416 e. The van der Waals surface area contributed by atoms with E-state index in [1.807, 2.05) is 4.90 Å². The molecule has 2 aliphatic rings. The molecule has 28 heavy (non-hydrogen) atoms. The van der Waals surface area contributed by atoms with E-state index in [0.29, 0.717) is 24.9 Å². The third kappa shape index (κ3) is 6.13. The lowest BCUT2D eigenvalue weighted by Gasteiger charge is -2.38. The van der Waals surface area contributed by atoms with Gasteiger partial charge in [0.15, 0.2) is 5.96 Å². The van der Waals surface area contributed by atoms with Crippen molar-refractivity contribution in [3.63, 3.8) is 0 Å². The number of nitrogens with one attached hydrogen (secondary N) is 1. The van der Waals surface area contributed by atoms with E-state index in [-0.39, 0.29) is 24.0 Å². The average Bonchev–Trinajstić information content (AvgIpc) is 3.18. The molecule has 2 saturated heterocycles. The van der Waals surface area contributed by atoms with Crippen molar-refractivity contribution in [3.05, 3.63) is 29.8 Å². The minimum Gasteiger partial charge on any atom is -0.378 e. The SMILES string of the molecule is CN=C(NCCC1CCCO1)N1CCN(c2cccc(C(F)(F)F)c2)CC1.I. The van der Waals surface area contributed by atoms with Crippen LogP contribution in [0.2, 0.25) is 0 Å². The summed E-state index contributed by atoms with van der Waals surface area (Å²) in [7, 11) is 1.76. The molecule has 1 aromatic carbocycles. The van der Waals surface area contributed by atoms with Crippen LogP contribution in [0.25, 0.3) is 0 Å². The zero-order valence-electron chi connectivity index (χ0n) is 16.0. The first-order chi connectivity index (χ1) is 13.0. The highest BCUT2D eigenvalue weighted by Crippen LogP contribution is 2.31. The second kappa shape index (κ2) is 10.5. The summed E-state index contributed by atoms with van der Waals surface area (Å²) in [5.74, 6) is 0.844. The number of halogens is 4. The van der Waals surface area contributed by atoms with Crippen molar-refractivity contribution in [1.82, 2.24) is 10.2 Å². The molecule has 0 amide bonds. The highest BCUT2D eigenvalue weighted by atomic mass is 127. The zero-order chi connectivity index (χ0) is 19.3. The van der Waals surface area contributed by atoms with Crippen LogP contribution in [0.5, 0.6) is 0 Å². The van der Waals surface area contributed by atoms with Crippen molar-refractivity contribution in [3.8, 4) is 0 Å². The zero-order valence-corrected chi connectivity index (χ0v) is 18.4. The van der Waals surface area contributed by atoms with Gasteiger partial charge in [-0.3, -0.25) is 4.99 Å². The molecule has 1 atom stereocenters. The summed E-state index contributed by atoms with van der Waals surface area (Å²) in [6.45, 7) is 4.43. The van der Waals surface area contributed by atoms with E-state index in [1.54, 1.807) is 13.1 Å². The summed E-state index contributed by atoms with van der Waals surface area (Å²) < 4.78 is 44.4. The Morgan fingerprint density at radius 1 is 1.25 bits per heavy atom. The number of piperazine rings is 1. The molecule has 9 heteroatoms. The number of benzene rings is 1. The third-order valence-corrected chi connectivity index (χ3v) is 5.10. The third-order valence-electron chi connectivity index (χ3n) is 5.10. The number of aliphatic imine (C=N–C) groups is 1. The van der Waals surface area contributed by atoms with Gasteiger partial charge in [0, 0.05) is 52.1 Å². The molecule has 1 aromatic rings. The summed E-state index contributed by atoms with van der Waals surface area (Å²) in [5.41, 5.74) is 0.0137. The number of rotatable bonds is 4. The number of ether oxygens (including phenoxy) is 1. The minimum absolute atomic E-state index is 0. The lowest BCUT2D eigenvalue weighted by Crippen LogP contribution is -2.52. The molecule has 5 nitrogen and oxygen atoms in total. The smallest absolute Gasteiger partial charge is 0.378 e. The van der Waals surface area contributed by atoms with Crippen molar-refractivity contribution in [1.29, 1.82) is 0 Å². The maximum atomic E-state index is 12.9. The molecule has 3 rings (SSSR count). The van der Waals surface area contributed by atoms with Crippen LogP contribution in [0.1, 0.15) is 24.8 Å². The van der Waals surface area contributed by atoms with Gasteiger partial charge in [0.05, 0.1) is 11.7 Å². The lowest BCUT2D eigenvalue weighted by atomic mass is 10.1. The molecule has 2 aliphatic heterocycles. The summed E-state index contributed by atoms with van der Waals surface area (Å²) >= 11 is 0. The van der Waals surface area contributed by atoms with Gasteiger partial charge in [-0.15, -0.1) is 24.0 Å². The van der Waals surface area contributed by atoms with Gasteiger partial charge in [-0.05, 0) is 37.5 Å². The van der Waals surface area contributed by atoms with E-state index in [9.17, 15) is 13.2 Å². The predicted molar refractivity (Wildman–Crippen MR) is 116 cm³/mol. The number of anilines is 1. The normalized spacial score (nSPS) is 20.9. The highest BCUT2D eigenvalue weighted by Gasteiger charge is 2.31. The molecule has 0 bridgehead atoms. The van der Waals surface area contributed by atoms with Crippen molar-refractivity contribution in [2.45, 2.75) is 31.5 Å². The van der Waals surface area contributed by atoms with Crippen molar-refractivity contribution < 1.29 is 17.9 Å². The maximum Gasteiger partial charge on any atom is 0.416 e. The van der Waals surface area contributed by atoms with E-state index in [0.717, 1.165) is 57.5 Å². The Kier molecular flexibility index (Phi) is 8.66. The van der Waals surface area contributed by atoms with E-state index in [1.165, 1.54) is 12.1 Å². The Morgan fingerprint density at radius 2 is 2.00 bits per heavy atom. The molecule has 0 radical (unpaired) electrons. The minimum atomic E-state index is -4.31. The molecule has 0 aromatic heterocycles. The van der Waals surface area contributed by atoms with Gasteiger partial charge in [0.2, 0.25) is 0 Å². The van der Waals surface area contributed by atoms with Crippen LogP contribution in [0.3, 0.4) is 0 Å². The Bertz CT molecular complexity index is 642. The maximum absolute atomic E-state index is 12.9. The number of hydrogen-bond donors (Lipinski definition) is 1. The summed E-state index contributed by atoms with van der Waals surface area (Å²) in [6.07, 6.45) is -0.753. The number of guanidine groups is 1. The van der Waals surface area contributed by atoms with Crippen LogP contribution in [0, 0.1) is 0 Å². The molecule has 0 aliphatic carbocycles. The van der Waals surface area contributed by atoms with E-state index in [4.69, 9.17) is 4.74 Å². The van der Waals surface area contributed by atoms with Gasteiger partial charge in [-0.1, -0.05) is 6.07 Å². The summed E-state index contributed by atoms with van der Waals surface area (Å²) in [6, 6.07) is 5.54. The van der Waals surface area contributed by atoms with Gasteiger partial charge >= 0.3 is 6.18 Å². The topological polar surface area (TPSA) is 40.1 Å². The molecular formula is C19H28F3IN4O. The molecular weight excluding hydrogens is 484 g/mol. The van der Waals surface area contributed by atoms with Crippen LogP contribution in [-0.4, -0.2) is 63.3 Å². The lowest BCUT2D eigenvalue weighted by molar-refractivity contribution is -0.137. The number of hydrogen-bond acceptors (Lipinski definition) is 3. The number of nitrogens with zero attached hydrogens (tertiary/aromatic N) is 3. The monoisotopic (exact) mass is 512 g/mol. The van der Waals surface area contributed by atoms with Gasteiger partial charge in [-0.2, -0.15) is 13.2 Å². The first-order valence-electron chi connectivity index (χ1n) is 9.47. The Hall–Kier alpha value is -1.23. The van der Waals surface area contributed by atoms with E-state index in [2.05, 4.69) is 15.2 Å². The molecule has 1 unspecified atom stereocenters. The second-order valence-corrected chi connectivity index (χ2v) is 6.92. The molecule has 0 saturated carbocycles. The van der Waals surface area contributed by atoms with Crippen LogP contribution in [0.4, 0.5) is 18.9 Å². The van der Waals surface area contributed by atoms with E-state index < -0.39 is 11.7 Å². The molecule has 1 N–H and O–H groups in total. The van der Waals surface area contributed by atoms with Crippen LogP contribution in [-0.2, 0) is 10.9 Å². The fourth-order valence-corrected chi connectivity index (χ4v) is 3.60. The first-order valence-corrected chi connectivity index (χ1v) is 9.47. The van der Waals surface area contributed by atoms with Gasteiger partial charge in [0.25, 0.3) is 0 Å². The Morgan fingerprint density at radius 3 is 2.61 bits per heavy atom. The molecule has 2 heterocycles. The van der Waals surface area contributed by atoms with Crippen molar-refractivity contribution >= 4 is 35.6 Å². The van der Waals surface area contributed by atoms with Crippen molar-refractivity contribution in [2.24, 2.45) is 4.99 Å². The van der Waals surface area contributed by atoms with Crippen LogP contribution in [0.15, 0.2) is 29.3 Å². The number of alkyl halides is 3. The average molecular weight is 512 g/mol. The van der Waals surface area contributed by atoms with Crippen LogP contribution >= 0.6 is 24.0 Å². The molecule has 158 valence electrons. The predicted octanol–water partition coefficient (Wildman–Crippen LogP) is 3.59. The fraction of sp³-hybridized carbons (Fsp3) is 0.632. The van der Waals surface area contributed by atoms with Gasteiger partial charge in [-0.25, -0.2) is 0 Å². The summed E-state index contributed by atoms with van der Waals surface area (Å²) in [4.78, 5) is 8.49. The highest BCUT2D eigenvalue weighted by molar-refractivity contribution is 14.0. The second-order valence-electron chi connectivity index (χ2n) is 6.92.